The maximum Gasteiger partial charge on any atom is 0.242 e. The summed E-state index contributed by atoms with van der Waals surface area (Å²) in [6.45, 7) is 5.03. The number of nitrogens with one attached hydrogen (secondary N) is 1. The third-order valence-corrected chi connectivity index (χ3v) is 5.26. The molecule has 0 aliphatic carbocycles. The lowest BCUT2D eigenvalue weighted by atomic mass is 10.0. The van der Waals surface area contributed by atoms with Crippen molar-refractivity contribution in [3.05, 3.63) is 34.9 Å². The SMILES string of the molecule is CN=C(NCC1CCOCC1)N1CCN(Cc2ccc(Cl)cc2)C(=O)C1.I. The molecule has 1 aromatic rings. The van der Waals surface area contributed by atoms with E-state index in [9.17, 15) is 4.79 Å². The Kier molecular flexibility index (Phi) is 9.11. The molecule has 0 aromatic heterocycles. The number of hydrogen-bond acceptors (Lipinski definition) is 3. The van der Waals surface area contributed by atoms with Crippen LogP contribution in [-0.4, -0.2) is 68.1 Å². The molecular formula is C19H28ClIN4O2. The lowest BCUT2D eigenvalue weighted by Crippen LogP contribution is -2.55. The first-order valence-corrected chi connectivity index (χ1v) is 9.59. The molecular weight excluding hydrogens is 479 g/mol. The zero-order chi connectivity index (χ0) is 18.4. The van der Waals surface area contributed by atoms with Gasteiger partial charge in [-0.3, -0.25) is 9.79 Å². The Bertz CT molecular complexity index is 635. The molecule has 0 radical (unpaired) electrons. The number of rotatable bonds is 4. The van der Waals surface area contributed by atoms with Gasteiger partial charge in [0.1, 0.15) is 0 Å². The Morgan fingerprint density at radius 2 is 1.96 bits per heavy atom. The summed E-state index contributed by atoms with van der Waals surface area (Å²) in [5.41, 5.74) is 1.10. The molecule has 2 fully saturated rings. The zero-order valence-corrected chi connectivity index (χ0v) is 18.8. The maximum absolute atomic E-state index is 12.6. The second kappa shape index (κ2) is 11.1. The fourth-order valence-electron chi connectivity index (χ4n) is 3.39. The van der Waals surface area contributed by atoms with Crippen molar-refractivity contribution < 1.29 is 9.53 Å². The van der Waals surface area contributed by atoms with E-state index in [4.69, 9.17) is 16.3 Å². The molecule has 6 nitrogen and oxygen atoms in total. The number of aliphatic imine (C=N–C) groups is 1. The first-order valence-electron chi connectivity index (χ1n) is 9.21. The molecule has 0 saturated carbocycles. The molecule has 0 spiro atoms. The van der Waals surface area contributed by atoms with E-state index in [1.807, 2.05) is 34.1 Å². The predicted molar refractivity (Wildman–Crippen MR) is 119 cm³/mol. The third kappa shape index (κ3) is 6.50. The normalized spacial score (nSPS) is 19.0. The zero-order valence-electron chi connectivity index (χ0n) is 15.7. The standard InChI is InChI=1S/C19H27ClN4O2.HI/c1-21-19(22-12-15-6-10-26-11-7-15)24-9-8-23(18(25)14-24)13-16-2-4-17(20)5-3-16;/h2-5,15H,6-14H2,1H3,(H,21,22);1H. The summed E-state index contributed by atoms with van der Waals surface area (Å²) in [7, 11) is 1.77. The summed E-state index contributed by atoms with van der Waals surface area (Å²) in [5.74, 6) is 1.55. The van der Waals surface area contributed by atoms with E-state index in [1.165, 1.54) is 0 Å². The molecule has 1 aromatic carbocycles. The van der Waals surface area contributed by atoms with Crippen molar-refractivity contribution in [3.8, 4) is 0 Å². The third-order valence-electron chi connectivity index (χ3n) is 5.01. The van der Waals surface area contributed by atoms with Gasteiger partial charge in [-0.2, -0.15) is 0 Å². The lowest BCUT2D eigenvalue weighted by molar-refractivity contribution is -0.135. The Hall–Kier alpha value is -1.06. The Morgan fingerprint density at radius 3 is 2.59 bits per heavy atom. The summed E-state index contributed by atoms with van der Waals surface area (Å²) in [4.78, 5) is 20.9. The van der Waals surface area contributed by atoms with Crippen LogP contribution in [0, 0.1) is 5.92 Å². The van der Waals surface area contributed by atoms with Gasteiger partial charge in [-0.25, -0.2) is 0 Å². The van der Waals surface area contributed by atoms with Gasteiger partial charge in [-0.15, -0.1) is 24.0 Å². The minimum atomic E-state index is 0. The summed E-state index contributed by atoms with van der Waals surface area (Å²) in [6.07, 6.45) is 2.16. The van der Waals surface area contributed by atoms with Gasteiger partial charge < -0.3 is 19.9 Å². The van der Waals surface area contributed by atoms with E-state index < -0.39 is 0 Å². The average Bonchev–Trinajstić information content (AvgIpc) is 2.67. The van der Waals surface area contributed by atoms with Gasteiger partial charge in [0.25, 0.3) is 0 Å². The monoisotopic (exact) mass is 506 g/mol. The number of halogens is 2. The number of carbonyl (C=O) groups is 1. The number of carbonyl (C=O) groups excluding carboxylic acids is 1. The van der Waals surface area contributed by atoms with E-state index in [1.54, 1.807) is 7.05 Å². The van der Waals surface area contributed by atoms with Crippen LogP contribution in [0.25, 0.3) is 0 Å². The number of hydrogen-bond donors (Lipinski definition) is 1. The van der Waals surface area contributed by atoms with Gasteiger partial charge in [0.15, 0.2) is 5.96 Å². The van der Waals surface area contributed by atoms with E-state index in [-0.39, 0.29) is 29.9 Å². The largest absolute Gasteiger partial charge is 0.381 e. The molecule has 3 rings (SSSR count). The second-order valence-corrected chi connectivity index (χ2v) is 7.28. The molecule has 27 heavy (non-hydrogen) atoms. The number of nitrogens with zero attached hydrogens (tertiary/aromatic N) is 3. The van der Waals surface area contributed by atoms with Crippen LogP contribution in [0.2, 0.25) is 5.02 Å². The highest BCUT2D eigenvalue weighted by atomic mass is 127. The number of piperazine rings is 1. The van der Waals surface area contributed by atoms with Crippen LogP contribution in [0.1, 0.15) is 18.4 Å². The van der Waals surface area contributed by atoms with Gasteiger partial charge in [-0.1, -0.05) is 23.7 Å². The Balaban J connectivity index is 0.00000261. The van der Waals surface area contributed by atoms with Crippen LogP contribution >= 0.6 is 35.6 Å². The molecule has 2 aliphatic heterocycles. The van der Waals surface area contributed by atoms with E-state index >= 15 is 0 Å². The van der Waals surface area contributed by atoms with Gasteiger partial charge in [-0.05, 0) is 36.5 Å². The molecule has 1 amide bonds. The van der Waals surface area contributed by atoms with E-state index in [0.717, 1.165) is 50.7 Å². The molecule has 0 unspecified atom stereocenters. The first kappa shape index (κ1) is 22.2. The van der Waals surface area contributed by atoms with Crippen LogP contribution < -0.4 is 5.32 Å². The minimum absolute atomic E-state index is 0. The molecule has 2 saturated heterocycles. The number of amides is 1. The highest BCUT2D eigenvalue weighted by Gasteiger charge is 2.26. The van der Waals surface area contributed by atoms with E-state index in [0.29, 0.717) is 30.6 Å². The highest BCUT2D eigenvalue weighted by Crippen LogP contribution is 2.15. The molecule has 2 heterocycles. The smallest absolute Gasteiger partial charge is 0.242 e. The molecule has 0 atom stereocenters. The van der Waals surface area contributed by atoms with Gasteiger partial charge >= 0.3 is 0 Å². The van der Waals surface area contributed by atoms with Gasteiger partial charge in [0.05, 0.1) is 6.54 Å². The first-order chi connectivity index (χ1) is 12.7. The second-order valence-electron chi connectivity index (χ2n) is 6.85. The van der Waals surface area contributed by atoms with Gasteiger partial charge in [0.2, 0.25) is 5.91 Å². The van der Waals surface area contributed by atoms with Crippen molar-refractivity contribution in [2.75, 3.05) is 46.4 Å². The number of ether oxygens (including phenoxy) is 1. The Morgan fingerprint density at radius 1 is 1.26 bits per heavy atom. The maximum atomic E-state index is 12.6. The van der Waals surface area contributed by atoms with Crippen molar-refractivity contribution in [2.45, 2.75) is 19.4 Å². The van der Waals surface area contributed by atoms with Crippen molar-refractivity contribution in [2.24, 2.45) is 10.9 Å². The quantitative estimate of drug-likeness (QED) is 0.388. The molecule has 8 heteroatoms. The minimum Gasteiger partial charge on any atom is -0.381 e. The molecule has 150 valence electrons. The number of guanidine groups is 1. The molecule has 1 N–H and O–H groups in total. The van der Waals surface area contributed by atoms with Crippen molar-refractivity contribution in [1.82, 2.24) is 15.1 Å². The highest BCUT2D eigenvalue weighted by molar-refractivity contribution is 14.0. The van der Waals surface area contributed by atoms with Crippen LogP contribution in [0.3, 0.4) is 0 Å². The molecule has 0 bridgehead atoms. The van der Waals surface area contributed by atoms with Crippen LogP contribution in [0.4, 0.5) is 0 Å². The summed E-state index contributed by atoms with van der Waals surface area (Å²) >= 11 is 5.92. The average molecular weight is 507 g/mol. The predicted octanol–water partition coefficient (Wildman–Crippen LogP) is 2.60. The fraction of sp³-hybridized carbons (Fsp3) is 0.579. The van der Waals surface area contributed by atoms with Crippen LogP contribution in [-0.2, 0) is 16.1 Å². The summed E-state index contributed by atoms with van der Waals surface area (Å²) in [6, 6.07) is 7.66. The van der Waals surface area contributed by atoms with Gasteiger partial charge in [0, 0.05) is 51.5 Å². The molecule has 2 aliphatic rings. The lowest BCUT2D eigenvalue weighted by Gasteiger charge is -2.36. The van der Waals surface area contributed by atoms with Crippen LogP contribution in [0.5, 0.6) is 0 Å². The number of benzene rings is 1. The van der Waals surface area contributed by atoms with Crippen molar-refractivity contribution in [1.29, 1.82) is 0 Å². The Labute approximate surface area is 183 Å². The van der Waals surface area contributed by atoms with E-state index in [2.05, 4.69) is 10.3 Å². The van der Waals surface area contributed by atoms with Crippen molar-refractivity contribution in [3.63, 3.8) is 0 Å². The summed E-state index contributed by atoms with van der Waals surface area (Å²) < 4.78 is 5.40. The van der Waals surface area contributed by atoms with Crippen molar-refractivity contribution >= 4 is 47.4 Å². The van der Waals surface area contributed by atoms with Crippen LogP contribution in [0.15, 0.2) is 29.3 Å². The summed E-state index contributed by atoms with van der Waals surface area (Å²) in [5, 5.41) is 4.15. The topological polar surface area (TPSA) is 57.2 Å². The fourth-order valence-corrected chi connectivity index (χ4v) is 3.51.